The minimum Gasteiger partial charge on any atom is -0.274 e. The SMILES string of the molecule is O=C1[C@@H]2CC[C@H](c3ccccc3)C[C@H]2C(=O)N1c1ccc(Cl)cc1. The Labute approximate surface area is 146 Å². The third kappa shape index (κ3) is 2.53. The molecule has 0 aromatic heterocycles. The van der Waals surface area contributed by atoms with E-state index in [4.69, 9.17) is 11.6 Å². The molecule has 2 aromatic carbocycles. The predicted octanol–water partition coefficient (Wildman–Crippen LogP) is 4.41. The molecular formula is C20H18ClNO2. The Morgan fingerprint density at radius 2 is 1.50 bits per heavy atom. The van der Waals surface area contributed by atoms with Crippen LogP contribution < -0.4 is 4.90 Å². The number of carbonyl (C=O) groups excluding carboxylic acids is 2. The average molecular weight is 340 g/mol. The molecule has 1 saturated carbocycles. The molecule has 4 heteroatoms. The number of anilines is 1. The molecule has 2 fully saturated rings. The number of carbonyl (C=O) groups is 2. The van der Waals surface area contributed by atoms with Crippen LogP contribution in [-0.2, 0) is 9.59 Å². The summed E-state index contributed by atoms with van der Waals surface area (Å²) in [7, 11) is 0. The van der Waals surface area contributed by atoms with Crippen LogP contribution in [0.1, 0.15) is 30.7 Å². The summed E-state index contributed by atoms with van der Waals surface area (Å²) in [6, 6.07) is 17.2. The van der Waals surface area contributed by atoms with Gasteiger partial charge in [0, 0.05) is 5.02 Å². The minimum atomic E-state index is -0.202. The number of fused-ring (bicyclic) bond motifs is 1. The quantitative estimate of drug-likeness (QED) is 0.760. The van der Waals surface area contributed by atoms with Crippen molar-refractivity contribution in [1.82, 2.24) is 0 Å². The smallest absolute Gasteiger partial charge is 0.237 e. The molecule has 2 amide bonds. The van der Waals surface area contributed by atoms with Crippen molar-refractivity contribution in [2.24, 2.45) is 11.8 Å². The van der Waals surface area contributed by atoms with Crippen LogP contribution in [0.3, 0.4) is 0 Å². The number of hydrogen-bond acceptors (Lipinski definition) is 2. The number of benzene rings is 2. The lowest BCUT2D eigenvalue weighted by Gasteiger charge is -2.28. The summed E-state index contributed by atoms with van der Waals surface area (Å²) >= 11 is 5.91. The predicted molar refractivity (Wildman–Crippen MR) is 94.0 cm³/mol. The Morgan fingerprint density at radius 3 is 2.21 bits per heavy atom. The van der Waals surface area contributed by atoms with E-state index in [-0.39, 0.29) is 23.7 Å². The highest BCUT2D eigenvalue weighted by molar-refractivity contribution is 6.30. The van der Waals surface area contributed by atoms with Crippen molar-refractivity contribution in [3.8, 4) is 0 Å². The lowest BCUT2D eigenvalue weighted by atomic mass is 9.73. The summed E-state index contributed by atoms with van der Waals surface area (Å²) in [5.41, 5.74) is 1.89. The highest BCUT2D eigenvalue weighted by atomic mass is 35.5. The van der Waals surface area contributed by atoms with Gasteiger partial charge in [0.05, 0.1) is 17.5 Å². The van der Waals surface area contributed by atoms with E-state index >= 15 is 0 Å². The second-order valence-corrected chi connectivity index (χ2v) is 7.06. The Kier molecular flexibility index (Phi) is 3.89. The van der Waals surface area contributed by atoms with Gasteiger partial charge >= 0.3 is 0 Å². The Hall–Kier alpha value is -2.13. The summed E-state index contributed by atoms with van der Waals surface area (Å²) < 4.78 is 0. The van der Waals surface area contributed by atoms with Crippen molar-refractivity contribution in [3.05, 3.63) is 65.2 Å². The molecule has 1 aliphatic heterocycles. The summed E-state index contributed by atoms with van der Waals surface area (Å²) in [6.45, 7) is 0. The topological polar surface area (TPSA) is 37.4 Å². The zero-order valence-corrected chi connectivity index (χ0v) is 13.9. The molecule has 0 spiro atoms. The van der Waals surface area contributed by atoms with E-state index in [1.165, 1.54) is 10.5 Å². The molecule has 122 valence electrons. The first-order chi connectivity index (χ1) is 11.6. The fraction of sp³-hybridized carbons (Fsp3) is 0.300. The highest BCUT2D eigenvalue weighted by Crippen LogP contribution is 2.45. The molecule has 0 N–H and O–H groups in total. The van der Waals surface area contributed by atoms with Gasteiger partial charge in [-0.25, -0.2) is 0 Å². The molecule has 2 aliphatic rings. The Morgan fingerprint density at radius 1 is 0.833 bits per heavy atom. The zero-order valence-electron chi connectivity index (χ0n) is 13.2. The Bertz CT molecular complexity index is 772. The first kappa shape index (κ1) is 15.4. The van der Waals surface area contributed by atoms with Crippen LogP contribution in [0.15, 0.2) is 54.6 Å². The molecule has 0 radical (unpaired) electrons. The zero-order chi connectivity index (χ0) is 16.7. The van der Waals surface area contributed by atoms with Crippen LogP contribution in [0.5, 0.6) is 0 Å². The fourth-order valence-electron chi connectivity index (χ4n) is 4.05. The van der Waals surface area contributed by atoms with Gasteiger partial charge in [0.1, 0.15) is 0 Å². The van der Waals surface area contributed by atoms with Gasteiger partial charge in [-0.3, -0.25) is 14.5 Å². The number of halogens is 1. The molecule has 4 rings (SSSR count). The third-order valence-corrected chi connectivity index (χ3v) is 5.53. The molecule has 0 bridgehead atoms. The fourth-order valence-corrected chi connectivity index (χ4v) is 4.18. The van der Waals surface area contributed by atoms with E-state index < -0.39 is 0 Å². The summed E-state index contributed by atoms with van der Waals surface area (Å²) in [4.78, 5) is 27.0. The second kappa shape index (κ2) is 6.06. The van der Waals surface area contributed by atoms with Crippen LogP contribution in [-0.4, -0.2) is 11.8 Å². The summed E-state index contributed by atoms with van der Waals surface area (Å²) in [5, 5.41) is 0.597. The number of amides is 2. The minimum absolute atomic E-state index is 0.0566. The summed E-state index contributed by atoms with van der Waals surface area (Å²) in [5.74, 6) is -0.138. The summed E-state index contributed by atoms with van der Waals surface area (Å²) in [6.07, 6.45) is 2.49. The number of rotatable bonds is 2. The van der Waals surface area contributed by atoms with Crippen molar-refractivity contribution in [3.63, 3.8) is 0 Å². The van der Waals surface area contributed by atoms with Crippen molar-refractivity contribution in [1.29, 1.82) is 0 Å². The second-order valence-electron chi connectivity index (χ2n) is 6.62. The molecule has 0 unspecified atom stereocenters. The monoisotopic (exact) mass is 339 g/mol. The van der Waals surface area contributed by atoms with Crippen molar-refractivity contribution < 1.29 is 9.59 Å². The van der Waals surface area contributed by atoms with Crippen LogP contribution in [0.25, 0.3) is 0 Å². The molecule has 3 atom stereocenters. The molecule has 3 nitrogen and oxygen atoms in total. The molecule has 1 aliphatic carbocycles. The molecule has 1 heterocycles. The third-order valence-electron chi connectivity index (χ3n) is 5.28. The van der Waals surface area contributed by atoms with E-state index in [9.17, 15) is 9.59 Å². The largest absolute Gasteiger partial charge is 0.274 e. The maximum Gasteiger partial charge on any atom is 0.237 e. The normalized spacial score (nSPS) is 26.5. The molecule has 24 heavy (non-hydrogen) atoms. The standard InChI is InChI=1S/C20H18ClNO2/c21-15-7-9-16(10-8-15)22-19(23)17-11-6-14(12-18(17)20(22)24)13-4-2-1-3-5-13/h1-5,7-10,14,17-18H,6,11-12H2/t14-,17+,18+/m0/s1. The van der Waals surface area contributed by atoms with Crippen molar-refractivity contribution in [2.45, 2.75) is 25.2 Å². The lowest BCUT2D eigenvalue weighted by Crippen LogP contribution is -2.30. The van der Waals surface area contributed by atoms with Gasteiger partial charge in [-0.05, 0) is 55.0 Å². The van der Waals surface area contributed by atoms with E-state index in [0.29, 0.717) is 16.6 Å². The van der Waals surface area contributed by atoms with Gasteiger partial charge in [0.15, 0.2) is 0 Å². The van der Waals surface area contributed by atoms with Crippen molar-refractivity contribution >= 4 is 29.1 Å². The first-order valence-electron chi connectivity index (χ1n) is 8.33. The molecule has 1 saturated heterocycles. The molecular weight excluding hydrogens is 322 g/mol. The molecule has 2 aromatic rings. The lowest BCUT2D eigenvalue weighted by molar-refractivity contribution is -0.122. The number of imide groups is 1. The van der Waals surface area contributed by atoms with Crippen LogP contribution in [0.2, 0.25) is 5.02 Å². The van der Waals surface area contributed by atoms with E-state index in [0.717, 1.165) is 19.3 Å². The highest BCUT2D eigenvalue weighted by Gasteiger charge is 2.50. The van der Waals surface area contributed by atoms with Gasteiger partial charge < -0.3 is 0 Å². The maximum atomic E-state index is 12.9. The van der Waals surface area contributed by atoms with Gasteiger partial charge in [-0.15, -0.1) is 0 Å². The Balaban J connectivity index is 1.60. The maximum absolute atomic E-state index is 12.9. The van der Waals surface area contributed by atoms with Gasteiger partial charge in [-0.2, -0.15) is 0 Å². The van der Waals surface area contributed by atoms with Gasteiger partial charge in [-0.1, -0.05) is 41.9 Å². The average Bonchev–Trinajstić information content (AvgIpc) is 2.87. The first-order valence-corrected chi connectivity index (χ1v) is 8.71. The van der Waals surface area contributed by atoms with Gasteiger partial charge in [0.2, 0.25) is 11.8 Å². The van der Waals surface area contributed by atoms with Crippen LogP contribution in [0.4, 0.5) is 5.69 Å². The number of hydrogen-bond donors (Lipinski definition) is 0. The van der Waals surface area contributed by atoms with Crippen LogP contribution in [0, 0.1) is 11.8 Å². The van der Waals surface area contributed by atoms with Gasteiger partial charge in [0.25, 0.3) is 0 Å². The van der Waals surface area contributed by atoms with E-state index in [1.54, 1.807) is 24.3 Å². The van der Waals surface area contributed by atoms with Crippen molar-refractivity contribution in [2.75, 3.05) is 4.90 Å². The van der Waals surface area contributed by atoms with E-state index in [2.05, 4.69) is 12.1 Å². The number of nitrogens with zero attached hydrogens (tertiary/aromatic N) is 1. The van der Waals surface area contributed by atoms with Crippen LogP contribution >= 0.6 is 11.6 Å². The van der Waals surface area contributed by atoms with E-state index in [1.807, 2.05) is 18.2 Å².